The maximum Gasteiger partial charge on any atom is 0.282 e. The van der Waals surface area contributed by atoms with Crippen LogP contribution in [0.1, 0.15) is 55.1 Å². The summed E-state index contributed by atoms with van der Waals surface area (Å²) in [6.45, 7) is 4.28. The van der Waals surface area contributed by atoms with Crippen molar-refractivity contribution in [2.24, 2.45) is 5.10 Å². The van der Waals surface area contributed by atoms with Crippen LogP contribution in [0.2, 0.25) is 5.02 Å². The fourth-order valence-corrected chi connectivity index (χ4v) is 5.65. The molecule has 6 rings (SSSR count). The first-order valence-corrected chi connectivity index (χ1v) is 12.8. The van der Waals surface area contributed by atoms with E-state index in [9.17, 15) is 4.79 Å². The number of hydrogen-bond acceptors (Lipinski definition) is 4. The van der Waals surface area contributed by atoms with Gasteiger partial charge < -0.3 is 8.98 Å². The third-order valence-corrected chi connectivity index (χ3v) is 7.46. The molecule has 36 heavy (non-hydrogen) atoms. The first kappa shape index (κ1) is 22.8. The monoisotopic (exact) mass is 498 g/mol. The number of hydrogen-bond donors (Lipinski definition) is 0. The first-order valence-electron chi connectivity index (χ1n) is 12.4. The molecule has 7 heteroatoms. The van der Waals surface area contributed by atoms with E-state index in [4.69, 9.17) is 21.0 Å². The number of nitrogens with zero attached hydrogens (tertiary/aromatic N) is 4. The van der Waals surface area contributed by atoms with E-state index in [1.807, 2.05) is 36.4 Å². The van der Waals surface area contributed by atoms with Gasteiger partial charge in [-0.15, -0.1) is 0 Å². The van der Waals surface area contributed by atoms with E-state index in [1.54, 1.807) is 18.3 Å². The van der Waals surface area contributed by atoms with Crippen LogP contribution < -0.4 is 5.56 Å². The molecule has 1 aliphatic carbocycles. The molecule has 0 aliphatic heterocycles. The van der Waals surface area contributed by atoms with E-state index in [1.165, 1.54) is 48.2 Å². The maximum absolute atomic E-state index is 13.6. The number of aromatic nitrogens is 3. The van der Waals surface area contributed by atoms with Crippen molar-refractivity contribution in [3.05, 3.63) is 86.9 Å². The van der Waals surface area contributed by atoms with Crippen LogP contribution >= 0.6 is 11.6 Å². The van der Waals surface area contributed by atoms with Crippen LogP contribution in [0.5, 0.6) is 0 Å². The zero-order valence-corrected chi connectivity index (χ0v) is 21.1. The molecular weight excluding hydrogens is 472 g/mol. The van der Waals surface area contributed by atoms with Crippen molar-refractivity contribution >= 4 is 39.7 Å². The smallest absolute Gasteiger partial charge is 0.282 e. The van der Waals surface area contributed by atoms with Gasteiger partial charge in [-0.3, -0.25) is 4.79 Å². The molecule has 1 aliphatic rings. The highest BCUT2D eigenvalue weighted by Gasteiger charge is 2.20. The molecule has 3 aromatic heterocycles. The minimum Gasteiger partial charge on any atom is -0.453 e. The van der Waals surface area contributed by atoms with Crippen molar-refractivity contribution in [3.63, 3.8) is 0 Å². The number of para-hydroxylation sites is 1. The zero-order chi connectivity index (χ0) is 24.8. The van der Waals surface area contributed by atoms with Crippen LogP contribution in [-0.4, -0.2) is 20.4 Å². The van der Waals surface area contributed by atoms with Crippen molar-refractivity contribution < 1.29 is 4.42 Å². The molecule has 2 aromatic carbocycles. The Kier molecular flexibility index (Phi) is 5.76. The highest BCUT2D eigenvalue weighted by atomic mass is 35.5. The van der Waals surface area contributed by atoms with Crippen molar-refractivity contribution in [2.45, 2.75) is 52.0 Å². The molecule has 0 unspecified atom stereocenters. The summed E-state index contributed by atoms with van der Waals surface area (Å²) in [5, 5.41) is 6.63. The van der Waals surface area contributed by atoms with Crippen LogP contribution in [0.3, 0.4) is 0 Å². The Labute approximate surface area is 213 Å². The number of fused-ring (bicyclic) bond motifs is 2. The second-order valence-electron chi connectivity index (χ2n) is 9.60. The van der Waals surface area contributed by atoms with Gasteiger partial charge >= 0.3 is 0 Å². The van der Waals surface area contributed by atoms with E-state index < -0.39 is 0 Å². The number of halogens is 1. The molecule has 0 radical (unpaired) electrons. The van der Waals surface area contributed by atoms with Crippen molar-refractivity contribution in [2.75, 3.05) is 0 Å². The van der Waals surface area contributed by atoms with Crippen molar-refractivity contribution in [1.82, 2.24) is 14.2 Å². The van der Waals surface area contributed by atoms with Gasteiger partial charge in [-0.05, 0) is 69.2 Å². The lowest BCUT2D eigenvalue weighted by atomic mass is 9.95. The standard InChI is InChI=1S/C29H27ClN4O2/c1-18-14-21(19(2)33(18)23-8-4-3-5-9-23)17-31-34-28(32-25-11-7-6-10-24(25)29(34)35)27-16-20-15-22(30)12-13-26(20)36-27/h6-7,10-17,23H,3-5,8-9H2,1-2H3. The average Bonchev–Trinajstić information content (AvgIpc) is 3.43. The zero-order valence-electron chi connectivity index (χ0n) is 20.4. The Balaban J connectivity index is 1.49. The molecule has 1 fully saturated rings. The van der Waals surface area contributed by atoms with Gasteiger partial charge in [0.05, 0.1) is 17.1 Å². The SMILES string of the molecule is Cc1cc(C=Nn2c(-c3cc4cc(Cl)ccc4o3)nc3ccccc3c2=O)c(C)n1C1CCCCC1. The number of aryl methyl sites for hydroxylation is 1. The van der Waals surface area contributed by atoms with E-state index >= 15 is 0 Å². The van der Waals surface area contributed by atoms with Crippen LogP contribution in [0.15, 0.2) is 68.9 Å². The highest BCUT2D eigenvalue weighted by molar-refractivity contribution is 6.31. The molecule has 3 heterocycles. The van der Waals surface area contributed by atoms with Gasteiger partial charge in [0, 0.05) is 33.4 Å². The third kappa shape index (κ3) is 3.95. The lowest BCUT2D eigenvalue weighted by Crippen LogP contribution is -2.20. The average molecular weight is 499 g/mol. The lowest BCUT2D eigenvalue weighted by molar-refractivity contribution is 0.346. The van der Waals surface area contributed by atoms with E-state index in [0.717, 1.165) is 10.9 Å². The van der Waals surface area contributed by atoms with Crippen LogP contribution in [-0.2, 0) is 0 Å². The second kappa shape index (κ2) is 9.10. The van der Waals surface area contributed by atoms with Gasteiger partial charge in [0.1, 0.15) is 5.58 Å². The predicted octanol–water partition coefficient (Wildman–Crippen LogP) is 7.27. The van der Waals surface area contributed by atoms with E-state index in [0.29, 0.717) is 39.1 Å². The lowest BCUT2D eigenvalue weighted by Gasteiger charge is -2.26. The Morgan fingerprint density at radius 2 is 1.86 bits per heavy atom. The molecule has 0 bridgehead atoms. The van der Waals surface area contributed by atoms with Crippen LogP contribution in [0.25, 0.3) is 33.5 Å². The number of benzene rings is 2. The molecule has 5 aromatic rings. The Morgan fingerprint density at radius 1 is 1.06 bits per heavy atom. The molecule has 0 saturated heterocycles. The van der Waals surface area contributed by atoms with Gasteiger partial charge in [-0.2, -0.15) is 9.78 Å². The number of rotatable bonds is 4. The molecule has 0 spiro atoms. The highest BCUT2D eigenvalue weighted by Crippen LogP contribution is 2.32. The summed E-state index contributed by atoms with van der Waals surface area (Å²) in [6.07, 6.45) is 8.05. The molecule has 1 saturated carbocycles. The topological polar surface area (TPSA) is 65.3 Å². The summed E-state index contributed by atoms with van der Waals surface area (Å²) in [7, 11) is 0. The molecular formula is C29H27ClN4O2. The summed E-state index contributed by atoms with van der Waals surface area (Å²) in [4.78, 5) is 18.3. The third-order valence-electron chi connectivity index (χ3n) is 7.23. The molecule has 182 valence electrons. The predicted molar refractivity (Wildman–Crippen MR) is 145 cm³/mol. The van der Waals surface area contributed by atoms with Gasteiger partial charge in [0.15, 0.2) is 5.76 Å². The van der Waals surface area contributed by atoms with Crippen LogP contribution in [0, 0.1) is 13.8 Å². The largest absolute Gasteiger partial charge is 0.453 e. The minimum absolute atomic E-state index is 0.244. The van der Waals surface area contributed by atoms with Gasteiger partial charge in [-0.25, -0.2) is 4.98 Å². The Hall–Kier alpha value is -3.64. The summed E-state index contributed by atoms with van der Waals surface area (Å²) >= 11 is 6.17. The van der Waals surface area contributed by atoms with Gasteiger partial charge in [-0.1, -0.05) is 43.0 Å². The molecule has 0 atom stereocenters. The fraction of sp³-hybridized carbons (Fsp3) is 0.276. The maximum atomic E-state index is 13.6. The quantitative estimate of drug-likeness (QED) is 0.245. The van der Waals surface area contributed by atoms with E-state index in [2.05, 4.69) is 29.6 Å². The fourth-order valence-electron chi connectivity index (χ4n) is 5.47. The molecule has 6 nitrogen and oxygen atoms in total. The Morgan fingerprint density at radius 3 is 2.69 bits per heavy atom. The van der Waals surface area contributed by atoms with Crippen molar-refractivity contribution in [3.8, 4) is 11.6 Å². The molecule has 0 amide bonds. The van der Waals surface area contributed by atoms with Crippen LogP contribution in [0.4, 0.5) is 0 Å². The summed E-state index contributed by atoms with van der Waals surface area (Å²) in [6, 6.07) is 17.2. The number of furan rings is 1. The first-order chi connectivity index (χ1) is 17.5. The van der Waals surface area contributed by atoms with Gasteiger partial charge in [0.2, 0.25) is 5.82 Å². The Bertz CT molecular complexity index is 1690. The summed E-state index contributed by atoms with van der Waals surface area (Å²) < 4.78 is 9.85. The van der Waals surface area contributed by atoms with Crippen molar-refractivity contribution in [1.29, 1.82) is 0 Å². The molecule has 0 N–H and O–H groups in total. The summed E-state index contributed by atoms with van der Waals surface area (Å²) in [5.41, 5.74) is 4.41. The minimum atomic E-state index is -0.244. The normalized spacial score (nSPS) is 15.0. The van der Waals surface area contributed by atoms with E-state index in [-0.39, 0.29) is 5.56 Å². The van der Waals surface area contributed by atoms with Gasteiger partial charge in [0.25, 0.3) is 5.56 Å². The summed E-state index contributed by atoms with van der Waals surface area (Å²) in [5.74, 6) is 0.809. The second-order valence-corrected chi connectivity index (χ2v) is 10.0.